The summed E-state index contributed by atoms with van der Waals surface area (Å²) in [6.45, 7) is 4.06. The van der Waals surface area contributed by atoms with E-state index in [9.17, 15) is 4.79 Å². The molecule has 0 spiro atoms. The van der Waals surface area contributed by atoms with Crippen LogP contribution in [0.2, 0.25) is 0 Å². The minimum atomic E-state index is -0.394. The lowest BCUT2D eigenvalue weighted by Crippen LogP contribution is -2.08. The normalized spacial score (nSPS) is 10.5. The summed E-state index contributed by atoms with van der Waals surface area (Å²) >= 11 is 1.36. The number of nitrogens with two attached hydrogens (primary N) is 1. The van der Waals surface area contributed by atoms with E-state index in [0.29, 0.717) is 10.8 Å². The molecule has 0 radical (unpaired) electrons. The molecule has 1 aromatic heterocycles. The number of nitrogens with zero attached hydrogens (tertiary/aromatic N) is 1. The zero-order valence-corrected chi connectivity index (χ0v) is 7.31. The Hall–Kier alpha value is -0.900. The zero-order chi connectivity index (χ0) is 8.43. The maximum atomic E-state index is 10.6. The first kappa shape index (κ1) is 8.20. The van der Waals surface area contributed by atoms with Gasteiger partial charge in [-0.15, -0.1) is 11.3 Å². The van der Waals surface area contributed by atoms with Crippen molar-refractivity contribution in [2.45, 2.75) is 19.8 Å². The van der Waals surface area contributed by atoms with Crippen LogP contribution in [0.1, 0.15) is 34.4 Å². The van der Waals surface area contributed by atoms with Crippen molar-refractivity contribution in [2.75, 3.05) is 0 Å². The van der Waals surface area contributed by atoms with Crippen LogP contribution >= 0.6 is 11.3 Å². The smallest absolute Gasteiger partial charge is 0.260 e. The molecule has 1 amide bonds. The number of hydrogen-bond acceptors (Lipinski definition) is 3. The van der Waals surface area contributed by atoms with E-state index in [-0.39, 0.29) is 0 Å². The summed E-state index contributed by atoms with van der Waals surface area (Å²) < 4.78 is 0. The molecule has 0 saturated heterocycles. The van der Waals surface area contributed by atoms with Crippen molar-refractivity contribution in [3.05, 3.63) is 16.1 Å². The second-order valence-electron chi connectivity index (χ2n) is 2.58. The number of carbonyl (C=O) groups is 1. The SMILES string of the molecule is CC(C)c1ncc(C(N)=O)s1. The molecular weight excluding hydrogens is 160 g/mol. The lowest BCUT2D eigenvalue weighted by molar-refractivity contribution is 0.100. The highest BCUT2D eigenvalue weighted by molar-refractivity contribution is 7.13. The first-order chi connectivity index (χ1) is 5.11. The van der Waals surface area contributed by atoms with E-state index >= 15 is 0 Å². The average Bonchev–Trinajstić information content (AvgIpc) is 2.33. The van der Waals surface area contributed by atoms with E-state index in [1.807, 2.05) is 13.8 Å². The van der Waals surface area contributed by atoms with Crippen LogP contribution in [0.15, 0.2) is 6.20 Å². The number of rotatable bonds is 2. The summed E-state index contributed by atoms with van der Waals surface area (Å²) in [5.41, 5.74) is 5.06. The van der Waals surface area contributed by atoms with Gasteiger partial charge in [-0.1, -0.05) is 13.8 Å². The first-order valence-corrected chi connectivity index (χ1v) is 4.18. The van der Waals surface area contributed by atoms with Crippen LogP contribution in [-0.4, -0.2) is 10.9 Å². The van der Waals surface area contributed by atoms with E-state index in [1.165, 1.54) is 17.5 Å². The Balaban J connectivity index is 2.90. The molecule has 2 N–H and O–H groups in total. The monoisotopic (exact) mass is 170 g/mol. The fourth-order valence-electron chi connectivity index (χ4n) is 0.668. The minimum Gasteiger partial charge on any atom is -0.365 e. The van der Waals surface area contributed by atoms with Crippen LogP contribution < -0.4 is 5.73 Å². The van der Waals surface area contributed by atoms with E-state index < -0.39 is 5.91 Å². The number of hydrogen-bond donors (Lipinski definition) is 1. The second-order valence-corrected chi connectivity index (χ2v) is 3.64. The van der Waals surface area contributed by atoms with Gasteiger partial charge in [0, 0.05) is 5.92 Å². The first-order valence-electron chi connectivity index (χ1n) is 3.36. The number of aromatic nitrogens is 1. The second kappa shape index (κ2) is 3.00. The molecule has 60 valence electrons. The fourth-order valence-corrected chi connectivity index (χ4v) is 1.44. The molecule has 0 fully saturated rings. The molecule has 3 nitrogen and oxygen atoms in total. The molecule has 0 aliphatic carbocycles. The lowest BCUT2D eigenvalue weighted by atomic mass is 10.2. The van der Waals surface area contributed by atoms with Crippen LogP contribution in [0.4, 0.5) is 0 Å². The Kier molecular flexibility index (Phi) is 2.24. The summed E-state index contributed by atoms with van der Waals surface area (Å²) in [6.07, 6.45) is 1.53. The largest absolute Gasteiger partial charge is 0.365 e. The lowest BCUT2D eigenvalue weighted by Gasteiger charge is -1.94. The topological polar surface area (TPSA) is 56.0 Å². The predicted molar refractivity (Wildman–Crippen MR) is 44.7 cm³/mol. The van der Waals surface area contributed by atoms with Crippen molar-refractivity contribution in [2.24, 2.45) is 5.73 Å². The van der Waals surface area contributed by atoms with Crippen LogP contribution in [0.5, 0.6) is 0 Å². The van der Waals surface area contributed by atoms with E-state index in [4.69, 9.17) is 5.73 Å². The van der Waals surface area contributed by atoms with E-state index in [2.05, 4.69) is 4.98 Å². The van der Waals surface area contributed by atoms with Gasteiger partial charge in [-0.05, 0) is 0 Å². The highest BCUT2D eigenvalue weighted by Crippen LogP contribution is 2.20. The molecule has 0 saturated carbocycles. The van der Waals surface area contributed by atoms with E-state index in [0.717, 1.165) is 5.01 Å². The fraction of sp³-hybridized carbons (Fsp3) is 0.429. The summed E-state index contributed by atoms with van der Waals surface area (Å²) in [7, 11) is 0. The molecular formula is C7H10N2OS. The van der Waals surface area contributed by atoms with Crippen LogP contribution in [0, 0.1) is 0 Å². The number of thiazole rings is 1. The zero-order valence-electron chi connectivity index (χ0n) is 6.50. The highest BCUT2D eigenvalue weighted by atomic mass is 32.1. The van der Waals surface area contributed by atoms with E-state index in [1.54, 1.807) is 0 Å². The molecule has 0 aromatic carbocycles. The van der Waals surface area contributed by atoms with Gasteiger partial charge in [0.15, 0.2) is 0 Å². The Morgan fingerprint density at radius 1 is 1.73 bits per heavy atom. The third kappa shape index (κ3) is 1.77. The Labute approximate surface area is 69.3 Å². The molecule has 0 unspecified atom stereocenters. The maximum Gasteiger partial charge on any atom is 0.260 e. The van der Waals surface area contributed by atoms with Gasteiger partial charge in [-0.25, -0.2) is 4.98 Å². The van der Waals surface area contributed by atoms with Gasteiger partial charge in [-0.3, -0.25) is 4.79 Å². The molecule has 0 bridgehead atoms. The van der Waals surface area contributed by atoms with Crippen molar-refractivity contribution in [3.63, 3.8) is 0 Å². The number of carbonyl (C=O) groups excluding carboxylic acids is 1. The Morgan fingerprint density at radius 2 is 2.36 bits per heavy atom. The predicted octanol–water partition coefficient (Wildman–Crippen LogP) is 1.37. The highest BCUT2D eigenvalue weighted by Gasteiger charge is 2.08. The minimum absolute atomic E-state index is 0.369. The summed E-state index contributed by atoms with van der Waals surface area (Å²) in [5.74, 6) is -0.0255. The number of amides is 1. The van der Waals surface area contributed by atoms with Gasteiger partial charge in [0.25, 0.3) is 5.91 Å². The van der Waals surface area contributed by atoms with Gasteiger partial charge >= 0.3 is 0 Å². The molecule has 4 heteroatoms. The Bertz CT molecular complexity index is 267. The van der Waals surface area contributed by atoms with Crippen molar-refractivity contribution >= 4 is 17.2 Å². The molecule has 0 atom stereocenters. The third-order valence-corrected chi connectivity index (χ3v) is 2.57. The Morgan fingerprint density at radius 3 is 2.64 bits per heavy atom. The van der Waals surface area contributed by atoms with Crippen LogP contribution in [0.25, 0.3) is 0 Å². The van der Waals surface area contributed by atoms with Crippen molar-refractivity contribution in [1.82, 2.24) is 4.98 Å². The standard InChI is InChI=1S/C7H10N2OS/c1-4(2)7-9-3-5(11-7)6(8)10/h3-4H,1-2H3,(H2,8,10). The quantitative estimate of drug-likeness (QED) is 0.728. The van der Waals surface area contributed by atoms with Gasteiger partial charge in [0.05, 0.1) is 11.2 Å². The molecule has 1 rings (SSSR count). The molecule has 0 aliphatic heterocycles. The maximum absolute atomic E-state index is 10.6. The molecule has 11 heavy (non-hydrogen) atoms. The van der Waals surface area contributed by atoms with Crippen molar-refractivity contribution in [1.29, 1.82) is 0 Å². The summed E-state index contributed by atoms with van der Waals surface area (Å²) in [5, 5.41) is 0.957. The van der Waals surface area contributed by atoms with Crippen molar-refractivity contribution < 1.29 is 4.79 Å². The number of primary amides is 1. The van der Waals surface area contributed by atoms with Gasteiger partial charge in [-0.2, -0.15) is 0 Å². The summed E-state index contributed by atoms with van der Waals surface area (Å²) in [6, 6.07) is 0. The van der Waals surface area contributed by atoms with Crippen LogP contribution in [0.3, 0.4) is 0 Å². The average molecular weight is 170 g/mol. The molecule has 0 aliphatic rings. The van der Waals surface area contributed by atoms with Gasteiger partial charge in [0.2, 0.25) is 0 Å². The summed E-state index contributed by atoms with van der Waals surface area (Å²) in [4.78, 5) is 15.2. The third-order valence-electron chi connectivity index (χ3n) is 1.26. The van der Waals surface area contributed by atoms with Gasteiger partial charge < -0.3 is 5.73 Å². The molecule has 1 heterocycles. The van der Waals surface area contributed by atoms with Gasteiger partial charge in [0.1, 0.15) is 4.88 Å². The van der Waals surface area contributed by atoms with Crippen molar-refractivity contribution in [3.8, 4) is 0 Å². The van der Waals surface area contributed by atoms with Crippen LogP contribution in [-0.2, 0) is 0 Å². The molecule has 1 aromatic rings.